The third-order valence-electron chi connectivity index (χ3n) is 4.77. The van der Waals surface area contributed by atoms with Crippen LogP contribution in [0.4, 0.5) is 11.4 Å². The van der Waals surface area contributed by atoms with E-state index in [-0.39, 0.29) is 5.91 Å². The van der Waals surface area contributed by atoms with Crippen LogP contribution in [0.15, 0.2) is 60.8 Å². The van der Waals surface area contributed by atoms with Crippen LogP contribution in [0, 0.1) is 0 Å². The molecular weight excluding hydrogens is 334 g/mol. The van der Waals surface area contributed by atoms with E-state index in [9.17, 15) is 4.79 Å². The van der Waals surface area contributed by atoms with Crippen LogP contribution in [-0.2, 0) is 0 Å². The van der Waals surface area contributed by atoms with E-state index >= 15 is 0 Å². The van der Waals surface area contributed by atoms with E-state index in [0.29, 0.717) is 11.3 Å². The first-order valence-corrected chi connectivity index (χ1v) is 9.64. The lowest BCUT2D eigenvalue weighted by atomic mass is 10.1. The molecule has 3 rings (SSSR count). The predicted molar refractivity (Wildman–Crippen MR) is 114 cm³/mol. The van der Waals surface area contributed by atoms with E-state index in [1.165, 1.54) is 25.7 Å². The molecule has 1 N–H and O–H groups in total. The van der Waals surface area contributed by atoms with E-state index < -0.39 is 0 Å². The second-order valence-corrected chi connectivity index (χ2v) is 6.90. The highest BCUT2D eigenvalue weighted by atomic mass is 16.1. The van der Waals surface area contributed by atoms with Crippen molar-refractivity contribution in [2.45, 2.75) is 32.6 Å². The second kappa shape index (κ2) is 9.17. The first-order chi connectivity index (χ1) is 13.2. The van der Waals surface area contributed by atoms with Gasteiger partial charge in [0.25, 0.3) is 5.91 Å². The summed E-state index contributed by atoms with van der Waals surface area (Å²) in [5, 5.41) is 3.94. The Kier molecular flexibility index (Phi) is 6.42. The van der Waals surface area contributed by atoms with E-state index in [0.717, 1.165) is 23.1 Å². The number of nitrogens with one attached hydrogen (secondary N) is 1. The maximum Gasteiger partial charge on any atom is 0.255 e. The first-order valence-electron chi connectivity index (χ1n) is 9.64. The zero-order valence-corrected chi connectivity index (χ0v) is 16.1. The summed E-state index contributed by atoms with van der Waals surface area (Å²) >= 11 is 0. The van der Waals surface area contributed by atoms with Gasteiger partial charge >= 0.3 is 0 Å². The summed E-state index contributed by atoms with van der Waals surface area (Å²) in [6, 6.07) is 17.6. The van der Waals surface area contributed by atoms with Crippen molar-refractivity contribution < 1.29 is 4.79 Å². The molecule has 0 aliphatic heterocycles. The number of amides is 1. The van der Waals surface area contributed by atoms with E-state index in [1.54, 1.807) is 6.20 Å². The van der Waals surface area contributed by atoms with Crippen molar-refractivity contribution in [2.24, 2.45) is 0 Å². The van der Waals surface area contributed by atoms with Crippen molar-refractivity contribution in [3.8, 4) is 0 Å². The fourth-order valence-corrected chi connectivity index (χ4v) is 3.11. The van der Waals surface area contributed by atoms with Crippen LogP contribution in [0.5, 0.6) is 0 Å². The quantitative estimate of drug-likeness (QED) is 0.539. The number of hydrogen-bond donors (Lipinski definition) is 1. The van der Waals surface area contributed by atoms with Crippen LogP contribution in [0.3, 0.4) is 0 Å². The van der Waals surface area contributed by atoms with Crippen molar-refractivity contribution >= 4 is 28.2 Å². The molecular formula is C23H27N3O. The molecule has 0 bridgehead atoms. The SMILES string of the molecule is CCCCCCN(C)c1ccc(C(=O)Nc2cnc3ccccc3c2)cc1. The fourth-order valence-electron chi connectivity index (χ4n) is 3.11. The zero-order chi connectivity index (χ0) is 19.1. The number of carbonyl (C=O) groups excluding carboxylic acids is 1. The normalized spacial score (nSPS) is 10.7. The summed E-state index contributed by atoms with van der Waals surface area (Å²) < 4.78 is 0. The number of unbranched alkanes of at least 4 members (excludes halogenated alkanes) is 3. The number of nitrogens with zero attached hydrogens (tertiary/aromatic N) is 2. The summed E-state index contributed by atoms with van der Waals surface area (Å²) in [5.41, 5.74) is 3.40. The summed E-state index contributed by atoms with van der Waals surface area (Å²) in [6.07, 6.45) is 6.69. The summed E-state index contributed by atoms with van der Waals surface area (Å²) in [4.78, 5) is 19.1. The number of pyridine rings is 1. The maximum absolute atomic E-state index is 12.5. The molecule has 4 nitrogen and oxygen atoms in total. The van der Waals surface area contributed by atoms with Gasteiger partial charge in [-0.15, -0.1) is 0 Å². The molecule has 0 saturated carbocycles. The number of carbonyl (C=O) groups is 1. The highest BCUT2D eigenvalue weighted by Crippen LogP contribution is 2.18. The van der Waals surface area contributed by atoms with Crippen LogP contribution in [0.2, 0.25) is 0 Å². The molecule has 1 heterocycles. The lowest BCUT2D eigenvalue weighted by Crippen LogP contribution is -2.18. The van der Waals surface area contributed by atoms with Crippen LogP contribution in [0.1, 0.15) is 43.0 Å². The summed E-state index contributed by atoms with van der Waals surface area (Å²) in [6.45, 7) is 3.26. The van der Waals surface area contributed by atoms with Crippen LogP contribution in [-0.4, -0.2) is 24.5 Å². The van der Waals surface area contributed by atoms with Crippen molar-refractivity contribution in [2.75, 3.05) is 23.8 Å². The molecule has 4 heteroatoms. The predicted octanol–water partition coefficient (Wildman–Crippen LogP) is 5.50. The van der Waals surface area contributed by atoms with Crippen molar-refractivity contribution in [3.63, 3.8) is 0 Å². The minimum atomic E-state index is -0.121. The molecule has 0 unspecified atom stereocenters. The molecule has 0 aliphatic rings. The molecule has 0 spiro atoms. The average molecular weight is 361 g/mol. The molecule has 2 aromatic carbocycles. The van der Waals surface area contributed by atoms with Gasteiger partial charge < -0.3 is 10.2 Å². The first kappa shape index (κ1) is 18.9. The number of para-hydroxylation sites is 1. The van der Waals surface area contributed by atoms with Gasteiger partial charge in [-0.2, -0.15) is 0 Å². The Morgan fingerprint density at radius 1 is 1.04 bits per heavy atom. The topological polar surface area (TPSA) is 45.2 Å². The van der Waals surface area contributed by atoms with Gasteiger partial charge in [0.15, 0.2) is 0 Å². The molecule has 27 heavy (non-hydrogen) atoms. The highest BCUT2D eigenvalue weighted by Gasteiger charge is 2.08. The molecule has 0 fully saturated rings. The maximum atomic E-state index is 12.5. The molecule has 0 atom stereocenters. The van der Waals surface area contributed by atoms with Gasteiger partial charge in [-0.1, -0.05) is 44.4 Å². The van der Waals surface area contributed by atoms with Gasteiger partial charge in [0.05, 0.1) is 17.4 Å². The largest absolute Gasteiger partial charge is 0.375 e. The molecule has 1 aromatic heterocycles. The Labute approximate surface area is 161 Å². The number of fused-ring (bicyclic) bond motifs is 1. The summed E-state index contributed by atoms with van der Waals surface area (Å²) in [5.74, 6) is -0.121. The van der Waals surface area contributed by atoms with Crippen molar-refractivity contribution in [3.05, 3.63) is 66.4 Å². The Hall–Kier alpha value is -2.88. The number of aromatic nitrogens is 1. The Balaban J connectivity index is 1.61. The minimum absolute atomic E-state index is 0.121. The second-order valence-electron chi connectivity index (χ2n) is 6.90. The molecule has 0 aliphatic carbocycles. The smallest absolute Gasteiger partial charge is 0.255 e. The molecule has 0 radical (unpaired) electrons. The molecule has 140 valence electrons. The van der Waals surface area contributed by atoms with Crippen LogP contribution < -0.4 is 10.2 Å². The van der Waals surface area contributed by atoms with Crippen LogP contribution >= 0.6 is 0 Å². The van der Waals surface area contributed by atoms with Gasteiger partial charge in [-0.25, -0.2) is 0 Å². The molecule has 1 amide bonds. The Morgan fingerprint density at radius 2 is 1.81 bits per heavy atom. The van der Waals surface area contributed by atoms with E-state index in [2.05, 4.69) is 29.2 Å². The zero-order valence-electron chi connectivity index (χ0n) is 16.1. The van der Waals surface area contributed by atoms with Gasteiger partial charge in [0, 0.05) is 30.2 Å². The van der Waals surface area contributed by atoms with Gasteiger partial charge in [-0.3, -0.25) is 9.78 Å². The van der Waals surface area contributed by atoms with Gasteiger partial charge in [0.1, 0.15) is 0 Å². The van der Waals surface area contributed by atoms with E-state index in [4.69, 9.17) is 0 Å². The Bertz CT molecular complexity index is 890. The van der Waals surface area contributed by atoms with E-state index in [1.807, 2.05) is 54.6 Å². The lowest BCUT2D eigenvalue weighted by molar-refractivity contribution is 0.102. The van der Waals surface area contributed by atoms with Gasteiger partial charge in [-0.05, 0) is 42.8 Å². The lowest BCUT2D eigenvalue weighted by Gasteiger charge is -2.19. The Morgan fingerprint density at radius 3 is 2.59 bits per heavy atom. The number of anilines is 2. The summed E-state index contributed by atoms with van der Waals surface area (Å²) in [7, 11) is 2.10. The van der Waals surface area contributed by atoms with Gasteiger partial charge in [0.2, 0.25) is 0 Å². The number of rotatable bonds is 8. The number of hydrogen-bond acceptors (Lipinski definition) is 3. The highest BCUT2D eigenvalue weighted by molar-refractivity contribution is 6.05. The molecule has 0 saturated heterocycles. The molecule has 3 aromatic rings. The third kappa shape index (κ3) is 5.07. The minimum Gasteiger partial charge on any atom is -0.375 e. The average Bonchev–Trinajstić information content (AvgIpc) is 2.71. The van der Waals surface area contributed by atoms with Crippen LogP contribution in [0.25, 0.3) is 10.9 Å². The number of benzene rings is 2. The third-order valence-corrected chi connectivity index (χ3v) is 4.77. The monoisotopic (exact) mass is 361 g/mol. The standard InChI is InChI=1S/C23H27N3O/c1-3-4-5-8-15-26(2)21-13-11-18(12-14-21)23(27)25-20-16-19-9-6-7-10-22(19)24-17-20/h6-7,9-14,16-17H,3-5,8,15H2,1-2H3,(H,25,27). The van der Waals surface area contributed by atoms with Crippen molar-refractivity contribution in [1.82, 2.24) is 4.98 Å². The van der Waals surface area contributed by atoms with Crippen molar-refractivity contribution in [1.29, 1.82) is 0 Å². The fraction of sp³-hybridized carbons (Fsp3) is 0.304.